The Kier molecular flexibility index (Phi) is 10.6. The molecule has 6 heteroatoms. The van der Waals surface area contributed by atoms with E-state index in [1.165, 1.54) is 12.8 Å². The highest BCUT2D eigenvalue weighted by molar-refractivity contribution is 5.94. The quantitative estimate of drug-likeness (QED) is 0.364. The summed E-state index contributed by atoms with van der Waals surface area (Å²) in [7, 11) is 4.33. The van der Waals surface area contributed by atoms with E-state index in [2.05, 4.69) is 60.7 Å². The lowest BCUT2D eigenvalue weighted by molar-refractivity contribution is -0.117. The summed E-state index contributed by atoms with van der Waals surface area (Å²) in [6.45, 7) is 17.3. The molecule has 0 spiro atoms. The van der Waals surface area contributed by atoms with E-state index in [1.807, 2.05) is 33.8 Å². The van der Waals surface area contributed by atoms with Crippen LogP contribution < -0.4 is 10.9 Å². The minimum Gasteiger partial charge on any atom is -0.369 e. The van der Waals surface area contributed by atoms with Crippen LogP contribution in [-0.4, -0.2) is 53.4 Å². The van der Waals surface area contributed by atoms with Crippen molar-refractivity contribution in [3.63, 3.8) is 0 Å². The molecule has 1 saturated carbocycles. The average Bonchev–Trinajstić information content (AvgIpc) is 2.82. The second kappa shape index (κ2) is 12.9. The summed E-state index contributed by atoms with van der Waals surface area (Å²) in [5.74, 6) is -0.151. The highest BCUT2D eigenvalue weighted by atomic mass is 16.2. The number of allylic oxidation sites excluding steroid dienone is 3. The molecule has 1 aliphatic rings. The third-order valence-electron chi connectivity index (χ3n) is 7.49. The molecular formula is C29H46N4O2. The Bertz CT molecular complexity index is 1020. The van der Waals surface area contributed by atoms with Gasteiger partial charge < -0.3 is 20.1 Å². The molecule has 1 aromatic heterocycles. The first kappa shape index (κ1) is 28.6. The molecule has 0 saturated heterocycles. The lowest BCUT2D eigenvalue weighted by atomic mass is 9.88. The number of nitrogens with zero attached hydrogens (tertiary/aromatic N) is 2. The predicted molar refractivity (Wildman–Crippen MR) is 146 cm³/mol. The van der Waals surface area contributed by atoms with Crippen LogP contribution in [0.3, 0.4) is 0 Å². The highest BCUT2D eigenvalue weighted by Crippen LogP contribution is 2.31. The van der Waals surface area contributed by atoms with Gasteiger partial charge in [-0.2, -0.15) is 0 Å². The third kappa shape index (κ3) is 7.44. The van der Waals surface area contributed by atoms with E-state index in [1.54, 1.807) is 0 Å². The van der Waals surface area contributed by atoms with Gasteiger partial charge in [0.2, 0.25) is 5.91 Å². The molecular weight excluding hydrogens is 436 g/mol. The fourth-order valence-corrected chi connectivity index (χ4v) is 4.98. The van der Waals surface area contributed by atoms with E-state index in [-0.39, 0.29) is 18.0 Å². The molecule has 1 fully saturated rings. The number of aryl methyl sites for hydroxylation is 2. The van der Waals surface area contributed by atoms with Gasteiger partial charge in [0.15, 0.2) is 0 Å². The Morgan fingerprint density at radius 2 is 1.71 bits per heavy atom. The van der Waals surface area contributed by atoms with Gasteiger partial charge in [0.1, 0.15) is 0 Å². The number of rotatable bonds is 10. The zero-order valence-corrected chi connectivity index (χ0v) is 23.2. The Balaban J connectivity index is 2.29. The van der Waals surface area contributed by atoms with Gasteiger partial charge in [0, 0.05) is 47.7 Å². The fourth-order valence-electron chi connectivity index (χ4n) is 4.98. The van der Waals surface area contributed by atoms with Gasteiger partial charge in [0.05, 0.1) is 0 Å². The maximum Gasteiger partial charge on any atom is 0.253 e. The second-order valence-corrected chi connectivity index (χ2v) is 10.1. The third-order valence-corrected chi connectivity index (χ3v) is 7.49. The van der Waals surface area contributed by atoms with Crippen molar-refractivity contribution in [1.82, 2.24) is 20.1 Å². The second-order valence-electron chi connectivity index (χ2n) is 10.1. The number of carbonyl (C=O) groups excluding carboxylic acids is 1. The molecule has 0 aromatic carbocycles. The Hall–Kier alpha value is -2.60. The van der Waals surface area contributed by atoms with Crippen LogP contribution in [0.4, 0.5) is 0 Å². The first-order chi connectivity index (χ1) is 16.5. The van der Waals surface area contributed by atoms with Crippen molar-refractivity contribution in [3.8, 4) is 0 Å². The summed E-state index contributed by atoms with van der Waals surface area (Å²) >= 11 is 0. The number of nitrogens with one attached hydrogen (secondary N) is 2. The molecule has 6 nitrogen and oxygen atoms in total. The number of aromatic amines is 1. The first-order valence-corrected chi connectivity index (χ1v) is 13.0. The Labute approximate surface area is 212 Å². The number of aromatic nitrogens is 1. The van der Waals surface area contributed by atoms with Gasteiger partial charge in [-0.3, -0.25) is 9.59 Å². The van der Waals surface area contributed by atoms with Crippen LogP contribution in [-0.2, 0) is 11.3 Å². The molecule has 1 heterocycles. The van der Waals surface area contributed by atoms with Crippen LogP contribution in [0.2, 0.25) is 0 Å². The van der Waals surface area contributed by atoms with E-state index >= 15 is 0 Å². The summed E-state index contributed by atoms with van der Waals surface area (Å²) in [4.78, 5) is 33.1. The summed E-state index contributed by atoms with van der Waals surface area (Å²) in [5.41, 5.74) is 5.92. The van der Waals surface area contributed by atoms with E-state index < -0.39 is 0 Å². The SMILES string of the molecule is C=C(C=C(C(C)=C(C)C(=O)NCc1c(C)cc(C)[nH]c1=O)N(CC)C1CCC(N(C)C)CC1)CC. The van der Waals surface area contributed by atoms with Gasteiger partial charge in [-0.1, -0.05) is 19.1 Å². The summed E-state index contributed by atoms with van der Waals surface area (Å²) in [6.07, 6.45) is 7.66. The molecule has 1 aromatic rings. The van der Waals surface area contributed by atoms with Crippen LogP contribution in [0.15, 0.2) is 45.9 Å². The monoisotopic (exact) mass is 482 g/mol. The summed E-state index contributed by atoms with van der Waals surface area (Å²) in [6, 6.07) is 3.02. The maximum absolute atomic E-state index is 13.2. The molecule has 0 radical (unpaired) electrons. The van der Waals surface area contributed by atoms with Crippen molar-refractivity contribution in [2.75, 3.05) is 20.6 Å². The Morgan fingerprint density at radius 1 is 1.11 bits per heavy atom. The number of hydrogen-bond donors (Lipinski definition) is 2. The van der Waals surface area contributed by atoms with Gasteiger partial charge in [-0.15, -0.1) is 0 Å². The number of hydrogen-bond acceptors (Lipinski definition) is 4. The zero-order chi connectivity index (χ0) is 26.3. The van der Waals surface area contributed by atoms with Crippen molar-refractivity contribution in [2.24, 2.45) is 0 Å². The molecule has 1 amide bonds. The Morgan fingerprint density at radius 3 is 2.23 bits per heavy atom. The fraction of sp³-hybridized carbons (Fsp3) is 0.586. The molecule has 1 aliphatic carbocycles. The predicted octanol–water partition coefficient (Wildman–Crippen LogP) is 4.99. The van der Waals surface area contributed by atoms with Crippen LogP contribution in [0.25, 0.3) is 0 Å². The van der Waals surface area contributed by atoms with Crippen molar-refractivity contribution >= 4 is 5.91 Å². The molecule has 194 valence electrons. The highest BCUT2D eigenvalue weighted by Gasteiger charge is 2.28. The van der Waals surface area contributed by atoms with Gasteiger partial charge in [-0.25, -0.2) is 0 Å². The molecule has 0 aliphatic heterocycles. The lowest BCUT2D eigenvalue weighted by Crippen LogP contribution is -2.42. The van der Waals surface area contributed by atoms with Crippen molar-refractivity contribution in [2.45, 2.75) is 92.3 Å². The van der Waals surface area contributed by atoms with E-state index in [0.717, 1.165) is 53.9 Å². The summed E-state index contributed by atoms with van der Waals surface area (Å²) in [5, 5.41) is 2.97. The van der Waals surface area contributed by atoms with Gasteiger partial charge in [0.25, 0.3) is 5.56 Å². The number of likely N-dealkylation sites (N-methyl/N-ethyl adjacent to an activating group) is 1. The van der Waals surface area contributed by atoms with Gasteiger partial charge >= 0.3 is 0 Å². The number of H-pyrrole nitrogens is 1. The topological polar surface area (TPSA) is 68.4 Å². The van der Waals surface area contributed by atoms with E-state index in [9.17, 15) is 9.59 Å². The van der Waals surface area contributed by atoms with Gasteiger partial charge in [-0.05, 0) is 104 Å². The van der Waals surface area contributed by atoms with Crippen LogP contribution in [0.5, 0.6) is 0 Å². The molecule has 0 unspecified atom stereocenters. The first-order valence-electron chi connectivity index (χ1n) is 13.0. The standard InChI is InChI=1S/C29H46N4O2/c1-10-19(3)16-27(33(11-2)25-14-12-24(13-15-25)32(8)9)22(6)23(7)28(34)30-18-26-20(4)17-21(5)31-29(26)35/h16-17,24-25H,3,10-15,18H2,1-2,4-9H3,(H,30,34)(H,31,35). The van der Waals surface area contributed by atoms with Crippen LogP contribution >= 0.6 is 0 Å². The maximum atomic E-state index is 13.2. The molecule has 35 heavy (non-hydrogen) atoms. The van der Waals surface area contributed by atoms with Crippen molar-refractivity contribution < 1.29 is 4.79 Å². The minimum atomic E-state index is -0.151. The normalized spacial score (nSPS) is 19.4. The number of pyridine rings is 1. The lowest BCUT2D eigenvalue weighted by Gasteiger charge is -2.41. The molecule has 2 rings (SSSR count). The summed E-state index contributed by atoms with van der Waals surface area (Å²) < 4.78 is 0. The van der Waals surface area contributed by atoms with E-state index in [0.29, 0.717) is 23.2 Å². The molecule has 0 bridgehead atoms. The smallest absolute Gasteiger partial charge is 0.253 e. The molecule has 0 atom stereocenters. The van der Waals surface area contributed by atoms with Crippen LogP contribution in [0.1, 0.15) is 76.6 Å². The minimum absolute atomic E-state index is 0.147. The number of amides is 1. The van der Waals surface area contributed by atoms with Crippen molar-refractivity contribution in [3.05, 3.63) is 68.3 Å². The molecule has 2 N–H and O–H groups in total. The van der Waals surface area contributed by atoms with Crippen molar-refractivity contribution in [1.29, 1.82) is 0 Å². The van der Waals surface area contributed by atoms with E-state index in [4.69, 9.17) is 0 Å². The van der Waals surface area contributed by atoms with Crippen LogP contribution in [0, 0.1) is 13.8 Å². The largest absolute Gasteiger partial charge is 0.369 e. The zero-order valence-electron chi connectivity index (χ0n) is 23.2. The number of carbonyl (C=O) groups is 1. The average molecular weight is 483 g/mol.